The summed E-state index contributed by atoms with van der Waals surface area (Å²) in [5, 5.41) is 6.91. The number of hydrogen-bond donors (Lipinski definition) is 2. The van der Waals surface area contributed by atoms with Gasteiger partial charge in [0, 0.05) is 35.6 Å². The minimum Gasteiger partial charge on any atom is -0.452 e. The lowest BCUT2D eigenvalue weighted by Gasteiger charge is -2.13. The molecule has 14 heteroatoms. The second kappa shape index (κ2) is 9.93. The van der Waals surface area contributed by atoms with Gasteiger partial charge in [-0.3, -0.25) is 9.55 Å². The molecule has 1 aliphatic rings. The second-order valence-corrected chi connectivity index (χ2v) is 9.99. The molecule has 2 unspecified atom stereocenters. The van der Waals surface area contributed by atoms with Crippen molar-refractivity contribution in [3.05, 3.63) is 93.5 Å². The highest BCUT2D eigenvalue weighted by molar-refractivity contribution is 6.32. The molecule has 1 saturated heterocycles. The molecule has 9 nitrogen and oxygen atoms in total. The molecule has 0 amide bonds. The Labute approximate surface area is 234 Å². The van der Waals surface area contributed by atoms with E-state index in [9.17, 15) is 18.0 Å². The van der Waals surface area contributed by atoms with Gasteiger partial charge < -0.3 is 14.8 Å². The number of ether oxygens (including phenoxy) is 2. The molecule has 2 aromatic carbocycles. The fourth-order valence-corrected chi connectivity index (χ4v) is 4.89. The first-order valence-electron chi connectivity index (χ1n) is 12.4. The summed E-state index contributed by atoms with van der Waals surface area (Å²) in [6.45, 7) is 3.64. The number of epoxide rings is 1. The minimum absolute atomic E-state index is 0.0760. The van der Waals surface area contributed by atoms with Gasteiger partial charge in [-0.1, -0.05) is 23.7 Å². The molecule has 0 bridgehead atoms. The Kier molecular flexibility index (Phi) is 6.50. The third-order valence-corrected chi connectivity index (χ3v) is 6.81. The number of rotatable bonds is 7. The van der Waals surface area contributed by atoms with Gasteiger partial charge >= 0.3 is 11.9 Å². The minimum atomic E-state index is -4.75. The van der Waals surface area contributed by atoms with E-state index < -0.39 is 30.0 Å². The van der Waals surface area contributed by atoms with Crippen molar-refractivity contribution in [2.75, 3.05) is 5.32 Å². The maximum atomic E-state index is 15.1. The Morgan fingerprint density at radius 2 is 1.93 bits per heavy atom. The average Bonchev–Trinajstić information content (AvgIpc) is 3.34. The fourth-order valence-electron chi connectivity index (χ4n) is 4.67. The first-order valence-corrected chi connectivity index (χ1v) is 12.8. The predicted octanol–water partition coefficient (Wildman–Crippen LogP) is 6.60. The maximum absolute atomic E-state index is 15.1. The quantitative estimate of drug-likeness (QED) is 0.164. The lowest BCUT2D eigenvalue weighted by Crippen LogP contribution is -2.18. The number of anilines is 1. The number of aromatic nitrogens is 5. The van der Waals surface area contributed by atoms with E-state index >= 15 is 4.39 Å². The Balaban J connectivity index is 1.22. The number of hydrogen-bond acceptors (Lipinski definition) is 6. The van der Waals surface area contributed by atoms with E-state index in [0.717, 1.165) is 16.9 Å². The molecule has 212 valence electrons. The summed E-state index contributed by atoms with van der Waals surface area (Å²) in [6, 6.07) is 11.4. The van der Waals surface area contributed by atoms with Gasteiger partial charge in [0.1, 0.15) is 11.6 Å². The molecule has 1 fully saturated rings. The number of pyridine rings is 1. The van der Waals surface area contributed by atoms with Crippen molar-refractivity contribution in [2.45, 2.75) is 38.4 Å². The first-order chi connectivity index (χ1) is 19.5. The summed E-state index contributed by atoms with van der Waals surface area (Å²) >= 11 is 6.11. The van der Waals surface area contributed by atoms with E-state index in [0.29, 0.717) is 11.2 Å². The van der Waals surface area contributed by atoms with Crippen LogP contribution in [0.5, 0.6) is 11.5 Å². The van der Waals surface area contributed by atoms with E-state index in [4.69, 9.17) is 21.1 Å². The Morgan fingerprint density at radius 1 is 1.15 bits per heavy atom. The lowest BCUT2D eigenvalue weighted by atomic mass is 10.1. The van der Waals surface area contributed by atoms with Crippen LogP contribution >= 0.6 is 11.6 Å². The van der Waals surface area contributed by atoms with Crippen LogP contribution < -0.4 is 15.7 Å². The van der Waals surface area contributed by atoms with Gasteiger partial charge in [-0.25, -0.2) is 18.9 Å². The van der Waals surface area contributed by atoms with Crippen LogP contribution in [0.15, 0.2) is 65.7 Å². The molecule has 41 heavy (non-hydrogen) atoms. The van der Waals surface area contributed by atoms with Crippen LogP contribution in [0.25, 0.3) is 16.9 Å². The maximum Gasteiger partial charge on any atom is 0.433 e. The zero-order valence-electron chi connectivity index (χ0n) is 21.4. The zero-order chi connectivity index (χ0) is 29.1. The molecule has 5 aromatic rings. The predicted molar refractivity (Wildman–Crippen MR) is 142 cm³/mol. The largest absolute Gasteiger partial charge is 0.452 e. The normalized spacial score (nSPS) is 16.9. The van der Waals surface area contributed by atoms with E-state index in [1.54, 1.807) is 12.1 Å². The van der Waals surface area contributed by atoms with Crippen molar-refractivity contribution in [2.24, 2.45) is 0 Å². The number of aromatic amines is 1. The lowest BCUT2D eigenvalue weighted by molar-refractivity contribution is -0.143. The molecule has 0 aliphatic carbocycles. The van der Waals surface area contributed by atoms with E-state index in [-0.39, 0.29) is 45.2 Å². The number of nitrogens with one attached hydrogen (secondary N) is 2. The van der Waals surface area contributed by atoms with Crippen LogP contribution in [0.3, 0.4) is 0 Å². The number of alkyl halides is 3. The summed E-state index contributed by atoms with van der Waals surface area (Å²) in [7, 11) is 0. The van der Waals surface area contributed by atoms with Crippen molar-refractivity contribution in [3.8, 4) is 17.2 Å². The number of imidazole rings is 1. The molecule has 6 rings (SSSR count). The highest BCUT2D eigenvalue weighted by Gasteiger charge is 2.49. The molecular weight excluding hydrogens is 568 g/mol. The van der Waals surface area contributed by atoms with Gasteiger partial charge in [0.05, 0.1) is 16.9 Å². The van der Waals surface area contributed by atoms with Crippen LogP contribution in [-0.4, -0.2) is 30.5 Å². The van der Waals surface area contributed by atoms with Crippen LogP contribution in [0, 0.1) is 5.82 Å². The molecule has 1 aliphatic heterocycles. The van der Waals surface area contributed by atoms with E-state index in [1.807, 2.05) is 13.8 Å². The number of para-hydroxylation sites is 1. The van der Waals surface area contributed by atoms with Crippen molar-refractivity contribution >= 4 is 28.5 Å². The SMILES string of the molecule is CC(C)n1c(=O)[nH]c2nccc(Oc3ccc(NC4OC4c4cnn(-c5ccccc5Cl)c4C(F)(F)F)cc3F)c21. The molecule has 2 atom stereocenters. The standard InChI is InChI=1S/C27H21ClF4N6O3/c1-13(2)37-21-20(9-10-33-24(21)36-26(37)39)40-19-8-7-14(11-17(19)29)35-25-22(41-25)15-12-34-38(23(15)27(30,31)32)18-6-4-3-5-16(18)28/h3-13,22,25,35H,1-2H3,(H,33,36,39). The summed E-state index contributed by atoms with van der Waals surface area (Å²) in [4.78, 5) is 19.1. The van der Waals surface area contributed by atoms with Crippen LogP contribution in [0.1, 0.15) is 37.3 Å². The highest BCUT2D eigenvalue weighted by Crippen LogP contribution is 2.46. The smallest absolute Gasteiger partial charge is 0.433 e. The van der Waals surface area contributed by atoms with Crippen molar-refractivity contribution in [3.63, 3.8) is 0 Å². The van der Waals surface area contributed by atoms with Crippen LogP contribution in [-0.2, 0) is 10.9 Å². The topological polar surface area (TPSA) is 102 Å². The molecule has 4 heterocycles. The molecule has 0 spiro atoms. The third kappa shape index (κ3) is 4.91. The van der Waals surface area contributed by atoms with Gasteiger partial charge in [-0.05, 0) is 38.1 Å². The first kappa shape index (κ1) is 26.8. The molecule has 3 aromatic heterocycles. The zero-order valence-corrected chi connectivity index (χ0v) is 22.2. The fraction of sp³-hybridized carbons (Fsp3) is 0.222. The number of benzene rings is 2. The summed E-state index contributed by atoms with van der Waals surface area (Å²) in [6.07, 6.45) is -4.06. The highest BCUT2D eigenvalue weighted by atomic mass is 35.5. The second-order valence-electron chi connectivity index (χ2n) is 9.58. The van der Waals surface area contributed by atoms with E-state index in [1.165, 1.54) is 41.1 Å². The third-order valence-electron chi connectivity index (χ3n) is 6.49. The molecule has 2 N–H and O–H groups in total. The Morgan fingerprint density at radius 3 is 2.63 bits per heavy atom. The average molecular weight is 589 g/mol. The van der Waals surface area contributed by atoms with Gasteiger partial charge in [0.2, 0.25) is 0 Å². The van der Waals surface area contributed by atoms with Crippen molar-refractivity contribution < 1.29 is 27.0 Å². The molecule has 0 saturated carbocycles. The van der Waals surface area contributed by atoms with Gasteiger partial charge in [-0.2, -0.15) is 18.3 Å². The molecule has 0 radical (unpaired) electrons. The van der Waals surface area contributed by atoms with Crippen LogP contribution in [0.4, 0.5) is 23.2 Å². The van der Waals surface area contributed by atoms with Gasteiger partial charge in [0.15, 0.2) is 34.9 Å². The monoisotopic (exact) mass is 588 g/mol. The van der Waals surface area contributed by atoms with Gasteiger partial charge in [-0.15, -0.1) is 0 Å². The Bertz CT molecular complexity index is 1830. The Hall–Kier alpha value is -4.36. The summed E-state index contributed by atoms with van der Waals surface area (Å²) < 4.78 is 70.8. The molecular formula is C27H21ClF4N6O3. The van der Waals surface area contributed by atoms with Crippen LogP contribution in [0.2, 0.25) is 5.02 Å². The van der Waals surface area contributed by atoms with Gasteiger partial charge in [0.25, 0.3) is 0 Å². The van der Waals surface area contributed by atoms with Crippen molar-refractivity contribution in [1.29, 1.82) is 0 Å². The van der Waals surface area contributed by atoms with Crippen molar-refractivity contribution in [1.82, 2.24) is 24.3 Å². The summed E-state index contributed by atoms with van der Waals surface area (Å²) in [5.41, 5.74) is -0.539. The van der Waals surface area contributed by atoms with E-state index in [2.05, 4.69) is 20.4 Å². The summed E-state index contributed by atoms with van der Waals surface area (Å²) in [5.74, 6) is -0.642. The number of fused-ring (bicyclic) bond motifs is 1. The number of H-pyrrole nitrogens is 1. The number of nitrogens with zero attached hydrogens (tertiary/aromatic N) is 4. The number of halogens is 5.